The van der Waals surface area contributed by atoms with Gasteiger partial charge in [0.15, 0.2) is 0 Å². The van der Waals surface area contributed by atoms with Gasteiger partial charge in [-0.1, -0.05) is 42.3 Å². The van der Waals surface area contributed by atoms with Gasteiger partial charge in [-0.15, -0.1) is 0 Å². The fourth-order valence-corrected chi connectivity index (χ4v) is 5.05. The summed E-state index contributed by atoms with van der Waals surface area (Å²) in [5, 5.41) is 21.6. The van der Waals surface area contributed by atoms with Crippen molar-refractivity contribution in [3.8, 4) is 0 Å². The van der Waals surface area contributed by atoms with E-state index in [0.29, 0.717) is 11.8 Å². The third kappa shape index (κ3) is 4.39. The lowest BCUT2D eigenvalue weighted by molar-refractivity contribution is 0.0106. The molecule has 2 aliphatic rings. The maximum absolute atomic E-state index is 11.0. The minimum absolute atomic E-state index is 0.0383. The summed E-state index contributed by atoms with van der Waals surface area (Å²) in [7, 11) is 4.26. The predicted octanol–water partition coefficient (Wildman–Crippen LogP) is 4.09. The van der Waals surface area contributed by atoms with Crippen molar-refractivity contribution in [1.29, 1.82) is 0 Å². The average molecular weight is 358 g/mol. The molecule has 0 radical (unpaired) electrons. The first kappa shape index (κ1) is 19.6. The number of aryl methyl sites for hydroxylation is 1. The van der Waals surface area contributed by atoms with E-state index in [0.717, 1.165) is 24.0 Å². The van der Waals surface area contributed by atoms with Crippen LogP contribution in [0.5, 0.6) is 0 Å². The van der Waals surface area contributed by atoms with Crippen molar-refractivity contribution in [2.24, 2.45) is 17.8 Å². The normalized spacial score (nSPS) is 29.1. The Morgan fingerprint density at radius 1 is 1.15 bits per heavy atom. The Morgan fingerprint density at radius 2 is 1.92 bits per heavy atom. The zero-order valence-corrected chi connectivity index (χ0v) is 16.6. The molecule has 0 saturated heterocycles. The quantitative estimate of drug-likeness (QED) is 0.544. The van der Waals surface area contributed by atoms with Crippen molar-refractivity contribution < 1.29 is 10.2 Å². The number of nitrogens with zero attached hydrogens (tertiary/aromatic N) is 1. The second-order valence-electron chi connectivity index (χ2n) is 8.65. The van der Waals surface area contributed by atoms with E-state index in [4.69, 9.17) is 0 Å². The van der Waals surface area contributed by atoms with Crippen LogP contribution in [-0.4, -0.2) is 41.9 Å². The maximum atomic E-state index is 11.0. The molecule has 1 aromatic rings. The fourth-order valence-electron chi connectivity index (χ4n) is 5.05. The highest BCUT2D eigenvalue weighted by molar-refractivity contribution is 5.30. The Morgan fingerprint density at radius 3 is 2.65 bits per heavy atom. The van der Waals surface area contributed by atoms with Gasteiger partial charge in [0, 0.05) is 5.92 Å². The van der Waals surface area contributed by atoms with Crippen LogP contribution in [0.25, 0.3) is 0 Å². The third-order valence-electron chi connectivity index (χ3n) is 6.42. The first-order valence-electron chi connectivity index (χ1n) is 10.2. The molecule has 3 heteroatoms. The number of hydrogen-bond acceptors (Lipinski definition) is 3. The smallest absolute Gasteiger partial charge is 0.0848 e. The Labute approximate surface area is 158 Å². The molecule has 26 heavy (non-hydrogen) atoms. The SMILES string of the molecule is Cc1ccccc1[C@H](O)[C@@H]1[C@H]2CC(CCCCCN(C)C)=C[C@H]2C[C@H]1O. The molecule has 2 aliphatic carbocycles. The van der Waals surface area contributed by atoms with Gasteiger partial charge in [0.1, 0.15) is 0 Å². The Bertz CT molecular complexity index is 624. The fraction of sp³-hybridized carbons (Fsp3) is 0.652. The van der Waals surface area contributed by atoms with Gasteiger partial charge < -0.3 is 15.1 Å². The number of unbranched alkanes of at least 4 members (excludes halogenated alkanes) is 2. The summed E-state index contributed by atoms with van der Waals surface area (Å²) in [6.07, 6.45) is 8.32. The topological polar surface area (TPSA) is 43.7 Å². The molecule has 1 saturated carbocycles. The monoisotopic (exact) mass is 357 g/mol. The van der Waals surface area contributed by atoms with E-state index in [1.165, 1.54) is 32.2 Å². The maximum Gasteiger partial charge on any atom is 0.0848 e. The summed E-state index contributed by atoms with van der Waals surface area (Å²) < 4.78 is 0. The number of allylic oxidation sites excluding steroid dienone is 2. The average Bonchev–Trinajstić information content (AvgIpc) is 3.10. The number of aliphatic hydroxyl groups excluding tert-OH is 2. The highest BCUT2D eigenvalue weighted by Crippen LogP contribution is 2.51. The molecule has 0 spiro atoms. The van der Waals surface area contributed by atoms with Crippen LogP contribution in [0.4, 0.5) is 0 Å². The van der Waals surface area contributed by atoms with Crippen LogP contribution >= 0.6 is 0 Å². The molecule has 0 bridgehead atoms. The highest BCUT2D eigenvalue weighted by atomic mass is 16.3. The van der Waals surface area contributed by atoms with E-state index in [1.807, 2.05) is 31.2 Å². The van der Waals surface area contributed by atoms with Crippen LogP contribution in [0.15, 0.2) is 35.9 Å². The van der Waals surface area contributed by atoms with Gasteiger partial charge in [-0.25, -0.2) is 0 Å². The minimum Gasteiger partial charge on any atom is -0.393 e. The van der Waals surface area contributed by atoms with Crippen molar-refractivity contribution in [2.75, 3.05) is 20.6 Å². The van der Waals surface area contributed by atoms with Gasteiger partial charge in [0.2, 0.25) is 0 Å². The van der Waals surface area contributed by atoms with E-state index < -0.39 is 12.2 Å². The van der Waals surface area contributed by atoms with E-state index >= 15 is 0 Å². The van der Waals surface area contributed by atoms with Crippen molar-refractivity contribution in [3.63, 3.8) is 0 Å². The minimum atomic E-state index is -0.561. The molecular weight excluding hydrogens is 322 g/mol. The second-order valence-corrected chi connectivity index (χ2v) is 8.65. The van der Waals surface area contributed by atoms with Gasteiger partial charge in [-0.3, -0.25) is 0 Å². The lowest BCUT2D eigenvalue weighted by Crippen LogP contribution is -2.27. The van der Waals surface area contributed by atoms with Gasteiger partial charge in [-0.05, 0) is 82.6 Å². The van der Waals surface area contributed by atoms with E-state index in [9.17, 15) is 10.2 Å². The van der Waals surface area contributed by atoms with E-state index in [1.54, 1.807) is 5.57 Å². The summed E-state index contributed by atoms with van der Waals surface area (Å²) in [6.45, 7) is 3.21. The Balaban J connectivity index is 1.57. The Hall–Kier alpha value is -1.16. The van der Waals surface area contributed by atoms with Crippen molar-refractivity contribution in [3.05, 3.63) is 47.0 Å². The first-order valence-corrected chi connectivity index (χ1v) is 10.2. The molecule has 144 valence electrons. The van der Waals surface area contributed by atoms with Gasteiger partial charge in [-0.2, -0.15) is 0 Å². The highest BCUT2D eigenvalue weighted by Gasteiger charge is 2.47. The van der Waals surface area contributed by atoms with Crippen LogP contribution in [0.3, 0.4) is 0 Å². The molecule has 2 N–H and O–H groups in total. The molecule has 0 unspecified atom stereocenters. The standard InChI is InChI=1S/C23H35NO2/c1-16-9-6-7-11-19(16)23(26)22-20-14-17(13-18(20)15-21(22)25)10-5-4-8-12-24(2)3/h6-7,9,11,13,18,20-23,25-26H,4-5,8,10,12,14-15H2,1-3H3/t18-,20-,21+,22+,23-/m0/s1. The molecule has 0 heterocycles. The predicted molar refractivity (Wildman–Crippen MR) is 107 cm³/mol. The number of fused-ring (bicyclic) bond motifs is 1. The second kappa shape index (κ2) is 8.69. The largest absolute Gasteiger partial charge is 0.393 e. The number of hydrogen-bond donors (Lipinski definition) is 2. The van der Waals surface area contributed by atoms with Crippen LogP contribution < -0.4 is 0 Å². The molecule has 3 rings (SSSR count). The zero-order valence-electron chi connectivity index (χ0n) is 16.6. The molecule has 0 aliphatic heterocycles. The van der Waals surface area contributed by atoms with Crippen molar-refractivity contribution in [1.82, 2.24) is 4.90 Å². The van der Waals surface area contributed by atoms with Crippen LogP contribution in [-0.2, 0) is 0 Å². The van der Waals surface area contributed by atoms with Crippen molar-refractivity contribution in [2.45, 2.75) is 57.7 Å². The summed E-state index contributed by atoms with van der Waals surface area (Å²) in [4.78, 5) is 2.25. The zero-order chi connectivity index (χ0) is 18.7. The third-order valence-corrected chi connectivity index (χ3v) is 6.42. The molecular formula is C23H35NO2. The van der Waals surface area contributed by atoms with Crippen LogP contribution in [0, 0.1) is 24.7 Å². The summed E-state index contributed by atoms with van der Waals surface area (Å²) in [5.74, 6) is 0.811. The lowest BCUT2D eigenvalue weighted by Gasteiger charge is -2.28. The number of rotatable bonds is 8. The van der Waals surface area contributed by atoms with Crippen LogP contribution in [0.1, 0.15) is 55.8 Å². The van der Waals surface area contributed by atoms with Gasteiger partial charge in [0.05, 0.1) is 12.2 Å². The molecule has 0 aromatic heterocycles. The van der Waals surface area contributed by atoms with E-state index in [-0.39, 0.29) is 5.92 Å². The number of benzene rings is 1. The first-order chi connectivity index (χ1) is 12.5. The molecule has 3 nitrogen and oxygen atoms in total. The van der Waals surface area contributed by atoms with E-state index in [2.05, 4.69) is 25.1 Å². The Kier molecular flexibility index (Phi) is 6.55. The number of aliphatic hydroxyl groups is 2. The van der Waals surface area contributed by atoms with Crippen molar-refractivity contribution >= 4 is 0 Å². The van der Waals surface area contributed by atoms with Gasteiger partial charge in [0.25, 0.3) is 0 Å². The molecule has 1 aromatic carbocycles. The summed E-state index contributed by atoms with van der Waals surface area (Å²) >= 11 is 0. The van der Waals surface area contributed by atoms with Crippen LogP contribution in [0.2, 0.25) is 0 Å². The summed E-state index contributed by atoms with van der Waals surface area (Å²) in [5.41, 5.74) is 3.65. The lowest BCUT2D eigenvalue weighted by atomic mass is 9.81. The summed E-state index contributed by atoms with van der Waals surface area (Å²) in [6, 6.07) is 8.04. The molecule has 1 fully saturated rings. The molecule has 0 amide bonds. The molecule has 5 atom stereocenters. The van der Waals surface area contributed by atoms with Gasteiger partial charge >= 0.3 is 0 Å².